The van der Waals surface area contributed by atoms with E-state index in [-0.39, 0.29) is 25.3 Å². The first-order valence-electron chi connectivity index (χ1n) is 8.92. The van der Waals surface area contributed by atoms with Crippen LogP contribution < -0.4 is 31.6 Å². The predicted molar refractivity (Wildman–Crippen MR) is 104 cm³/mol. The molecular formula is C14H17N9O9S. The van der Waals surface area contributed by atoms with E-state index in [9.17, 15) is 42.3 Å². The zero-order valence-corrected chi connectivity index (χ0v) is 17.2. The van der Waals surface area contributed by atoms with E-state index in [1.54, 1.807) is 5.43 Å². The van der Waals surface area contributed by atoms with Crippen LogP contribution in [0.5, 0.6) is 5.75 Å². The Labute approximate surface area is 183 Å². The SMILES string of the molecule is NC1CN(C(=O)NS(=O)(=O)NNC(=O)N2CCN(NC(=O)c3cc(=O)c(O)c[nH]3)C2=O)C1=O. The third-order valence-electron chi connectivity index (χ3n) is 4.35. The first-order chi connectivity index (χ1) is 15.4. The van der Waals surface area contributed by atoms with Crippen LogP contribution in [0.1, 0.15) is 10.5 Å². The molecule has 0 aliphatic carbocycles. The van der Waals surface area contributed by atoms with Gasteiger partial charge < -0.3 is 15.8 Å². The van der Waals surface area contributed by atoms with Gasteiger partial charge in [0.05, 0.1) is 19.6 Å². The van der Waals surface area contributed by atoms with Crippen LogP contribution in [0, 0.1) is 0 Å². The fraction of sp³-hybridized carbons (Fsp3) is 0.286. The zero-order valence-electron chi connectivity index (χ0n) is 16.4. The lowest BCUT2D eigenvalue weighted by Gasteiger charge is -2.33. The molecule has 33 heavy (non-hydrogen) atoms. The fourth-order valence-corrected chi connectivity index (χ4v) is 3.23. The van der Waals surface area contributed by atoms with Crippen molar-refractivity contribution in [2.75, 3.05) is 19.6 Å². The van der Waals surface area contributed by atoms with Crippen LogP contribution >= 0.6 is 0 Å². The minimum absolute atomic E-state index is 0.179. The molecule has 0 saturated carbocycles. The van der Waals surface area contributed by atoms with Gasteiger partial charge in [-0.25, -0.2) is 29.0 Å². The topological polar surface area (TPSA) is 256 Å². The van der Waals surface area contributed by atoms with Crippen LogP contribution in [-0.4, -0.2) is 88.9 Å². The van der Waals surface area contributed by atoms with Gasteiger partial charge in [-0.3, -0.25) is 30.1 Å². The highest BCUT2D eigenvalue weighted by atomic mass is 32.2. The number of nitrogens with one attached hydrogen (secondary N) is 5. The van der Waals surface area contributed by atoms with Crippen molar-refractivity contribution < 1.29 is 37.5 Å². The van der Waals surface area contributed by atoms with Crippen LogP contribution in [0.15, 0.2) is 17.1 Å². The summed E-state index contributed by atoms with van der Waals surface area (Å²) in [6, 6.07) is -3.69. The van der Waals surface area contributed by atoms with Crippen molar-refractivity contribution >= 4 is 40.1 Å². The van der Waals surface area contributed by atoms with Gasteiger partial charge in [0.1, 0.15) is 11.7 Å². The second kappa shape index (κ2) is 8.72. The Morgan fingerprint density at radius 1 is 1.12 bits per heavy atom. The average molecular weight is 487 g/mol. The van der Waals surface area contributed by atoms with E-state index < -0.39 is 57.3 Å². The molecule has 8 N–H and O–H groups in total. The number of nitrogens with two attached hydrogens (primary N) is 1. The molecule has 0 radical (unpaired) electrons. The monoisotopic (exact) mass is 487 g/mol. The Kier molecular flexibility index (Phi) is 6.19. The van der Waals surface area contributed by atoms with Gasteiger partial charge >= 0.3 is 28.3 Å². The summed E-state index contributed by atoms with van der Waals surface area (Å²) in [4.78, 5) is 75.9. The number of aromatic amines is 1. The van der Waals surface area contributed by atoms with Crippen molar-refractivity contribution in [3.63, 3.8) is 0 Å². The number of H-pyrrole nitrogens is 1. The maximum atomic E-state index is 12.3. The molecule has 1 aromatic heterocycles. The molecule has 18 nitrogen and oxygen atoms in total. The van der Waals surface area contributed by atoms with E-state index in [1.165, 1.54) is 9.55 Å². The van der Waals surface area contributed by atoms with Gasteiger partial charge in [0, 0.05) is 12.3 Å². The summed E-state index contributed by atoms with van der Waals surface area (Å²) in [6.07, 6.45) is 0.875. The number of likely N-dealkylation sites (tertiary alicyclic amines) is 1. The van der Waals surface area contributed by atoms with Gasteiger partial charge in [0.2, 0.25) is 11.3 Å². The minimum atomic E-state index is -4.65. The van der Waals surface area contributed by atoms with Gasteiger partial charge in [0.25, 0.3) is 5.91 Å². The molecule has 2 aliphatic heterocycles. The number of imide groups is 2. The zero-order chi connectivity index (χ0) is 24.5. The lowest BCUT2D eigenvalue weighted by atomic mass is 10.1. The number of urea groups is 3. The molecule has 3 rings (SSSR count). The summed E-state index contributed by atoms with van der Waals surface area (Å²) < 4.78 is 25.2. The molecule has 1 unspecified atom stereocenters. The molecule has 2 fully saturated rings. The van der Waals surface area contributed by atoms with E-state index in [0.717, 1.165) is 17.3 Å². The Bertz CT molecular complexity index is 1200. The van der Waals surface area contributed by atoms with Crippen LogP contribution in [0.25, 0.3) is 0 Å². The van der Waals surface area contributed by atoms with Gasteiger partial charge in [0.15, 0.2) is 5.75 Å². The summed E-state index contributed by atoms with van der Waals surface area (Å²) in [5.41, 5.74) is 8.00. The fourth-order valence-electron chi connectivity index (χ4n) is 2.62. The highest BCUT2D eigenvalue weighted by Gasteiger charge is 2.40. The number of carbonyl (C=O) groups is 5. The van der Waals surface area contributed by atoms with E-state index in [1.807, 2.05) is 0 Å². The summed E-state index contributed by atoms with van der Waals surface area (Å²) in [7, 11) is -4.65. The quantitative estimate of drug-likeness (QED) is 0.156. The third kappa shape index (κ3) is 4.99. The average Bonchev–Trinajstić information content (AvgIpc) is 3.11. The van der Waals surface area contributed by atoms with E-state index in [0.29, 0.717) is 9.80 Å². The molecule has 2 aliphatic rings. The summed E-state index contributed by atoms with van der Waals surface area (Å²) in [6.45, 7) is -0.624. The van der Waals surface area contributed by atoms with Gasteiger partial charge in [-0.2, -0.15) is 8.42 Å². The van der Waals surface area contributed by atoms with Crippen molar-refractivity contribution in [2.24, 2.45) is 5.73 Å². The molecule has 3 heterocycles. The Hall–Kier alpha value is -4.23. The highest BCUT2D eigenvalue weighted by Crippen LogP contribution is 2.09. The molecule has 19 heteroatoms. The van der Waals surface area contributed by atoms with Crippen molar-refractivity contribution in [1.82, 2.24) is 40.2 Å². The van der Waals surface area contributed by atoms with E-state index >= 15 is 0 Å². The molecule has 0 bridgehead atoms. The lowest BCUT2D eigenvalue weighted by Crippen LogP contribution is -2.66. The molecule has 8 amide bonds. The van der Waals surface area contributed by atoms with Gasteiger partial charge in [-0.05, 0) is 0 Å². The van der Waals surface area contributed by atoms with E-state index in [4.69, 9.17) is 5.73 Å². The number of amides is 8. The number of hydrazine groups is 2. The second-order valence-electron chi connectivity index (χ2n) is 6.62. The first-order valence-corrected chi connectivity index (χ1v) is 10.4. The second-order valence-corrected chi connectivity index (χ2v) is 8.04. The van der Waals surface area contributed by atoms with Crippen LogP contribution in [-0.2, 0) is 15.0 Å². The Morgan fingerprint density at radius 2 is 1.82 bits per heavy atom. The molecular weight excluding hydrogens is 470 g/mol. The summed E-state index contributed by atoms with van der Waals surface area (Å²) >= 11 is 0. The Morgan fingerprint density at radius 3 is 2.42 bits per heavy atom. The normalized spacial score (nSPS) is 18.1. The minimum Gasteiger partial charge on any atom is -0.503 e. The van der Waals surface area contributed by atoms with Crippen molar-refractivity contribution in [1.29, 1.82) is 0 Å². The summed E-state index contributed by atoms with van der Waals surface area (Å²) in [5.74, 6) is -2.33. The maximum Gasteiger partial charge on any atom is 0.347 e. The smallest absolute Gasteiger partial charge is 0.347 e. The van der Waals surface area contributed by atoms with Crippen LogP contribution in [0.3, 0.4) is 0 Å². The molecule has 0 spiro atoms. The number of hydrogen-bond donors (Lipinski definition) is 7. The van der Waals surface area contributed by atoms with Crippen molar-refractivity contribution in [2.45, 2.75) is 6.04 Å². The number of aromatic hydroxyl groups is 1. The van der Waals surface area contributed by atoms with Gasteiger partial charge in [-0.1, -0.05) is 0 Å². The molecule has 2 saturated heterocycles. The highest BCUT2D eigenvalue weighted by molar-refractivity contribution is 7.88. The molecule has 1 aromatic rings. The third-order valence-corrected chi connectivity index (χ3v) is 5.16. The summed E-state index contributed by atoms with van der Waals surface area (Å²) in [5, 5.41) is 9.91. The largest absolute Gasteiger partial charge is 0.503 e. The lowest BCUT2D eigenvalue weighted by molar-refractivity contribution is -0.137. The number of aromatic nitrogens is 1. The number of hydrogen-bond acceptors (Lipinski definition) is 10. The van der Waals surface area contributed by atoms with Crippen molar-refractivity contribution in [3.8, 4) is 5.75 Å². The number of rotatable bonds is 5. The first kappa shape index (κ1) is 23.4. The van der Waals surface area contributed by atoms with Crippen LogP contribution in [0.2, 0.25) is 0 Å². The van der Waals surface area contributed by atoms with Crippen LogP contribution in [0.4, 0.5) is 14.4 Å². The van der Waals surface area contributed by atoms with E-state index in [2.05, 4.69) is 10.4 Å². The molecule has 0 aromatic carbocycles. The maximum absolute atomic E-state index is 12.3. The Balaban J connectivity index is 1.51. The molecule has 1 atom stereocenters. The number of pyridine rings is 1. The standard InChI is InChI=1S/C14H17N9O9S/c15-6-5-22(11(6)27)13(29)19-33(31,32)20-17-12(28)21-1-2-23(14(21)30)18-10(26)7-3-8(24)9(25)4-16-7/h3-4,6,20,25H,1-2,5,15H2,(H,16,24)(H,17,28)(H,18,26)(H,19,29). The van der Waals surface area contributed by atoms with Crippen molar-refractivity contribution in [3.05, 3.63) is 28.2 Å². The predicted octanol–water partition coefficient (Wildman–Crippen LogP) is -4.20. The van der Waals surface area contributed by atoms with Gasteiger partial charge in [-0.15, -0.1) is 4.83 Å². The number of carbonyl (C=O) groups excluding carboxylic acids is 5. The number of β-lactam (4-membered cyclic amide) rings is 1. The number of nitrogens with zero attached hydrogens (tertiary/aromatic N) is 3. The molecule has 178 valence electrons.